The number of halogens is 1. The van der Waals surface area contributed by atoms with Gasteiger partial charge in [-0.2, -0.15) is 0 Å². The summed E-state index contributed by atoms with van der Waals surface area (Å²) in [5.41, 5.74) is 3.42. The molecule has 0 aliphatic heterocycles. The first kappa shape index (κ1) is 30.7. The van der Waals surface area contributed by atoms with Gasteiger partial charge in [-0.1, -0.05) is 94.4 Å². The Bertz CT molecular complexity index is 963. The summed E-state index contributed by atoms with van der Waals surface area (Å²) in [5, 5.41) is 0.158. The molecule has 0 saturated heterocycles. The molecule has 3 nitrogen and oxygen atoms in total. The van der Waals surface area contributed by atoms with E-state index in [-0.39, 0.29) is 5.04 Å². The van der Waals surface area contributed by atoms with E-state index in [9.17, 15) is 0 Å². The third-order valence-electron chi connectivity index (χ3n) is 6.91. The van der Waals surface area contributed by atoms with E-state index in [1.165, 1.54) is 25.7 Å². The molecule has 2 rings (SSSR count). The molecule has 0 aromatic heterocycles. The molecule has 0 spiro atoms. The first-order chi connectivity index (χ1) is 17.1. The van der Waals surface area contributed by atoms with Crippen LogP contribution in [0.15, 0.2) is 46.9 Å². The molecule has 36 heavy (non-hydrogen) atoms. The Morgan fingerprint density at radius 3 is 2.08 bits per heavy atom. The lowest BCUT2D eigenvalue weighted by Gasteiger charge is -2.36. The third kappa shape index (κ3) is 10.1. The van der Waals surface area contributed by atoms with Gasteiger partial charge in [0.1, 0.15) is 0 Å². The molecule has 0 N–H and O–H groups in total. The van der Waals surface area contributed by atoms with Gasteiger partial charge in [0.2, 0.25) is 0 Å². The van der Waals surface area contributed by atoms with Crippen molar-refractivity contribution in [1.82, 2.24) is 0 Å². The van der Waals surface area contributed by atoms with Crippen molar-refractivity contribution in [3.8, 4) is 11.5 Å². The van der Waals surface area contributed by atoms with E-state index in [0.717, 1.165) is 52.1 Å². The zero-order valence-electron chi connectivity index (χ0n) is 23.6. The summed E-state index contributed by atoms with van der Waals surface area (Å²) in [6.45, 7) is 17.9. The van der Waals surface area contributed by atoms with Crippen LogP contribution < -0.4 is 9.47 Å². The van der Waals surface area contributed by atoms with Gasteiger partial charge in [0.25, 0.3) is 0 Å². The predicted molar refractivity (Wildman–Crippen MR) is 162 cm³/mol. The highest BCUT2D eigenvalue weighted by Gasteiger charge is 2.37. The first-order valence-electron chi connectivity index (χ1n) is 13.6. The lowest BCUT2D eigenvalue weighted by Crippen LogP contribution is -2.41. The van der Waals surface area contributed by atoms with Crippen molar-refractivity contribution < 1.29 is 13.9 Å². The minimum atomic E-state index is -1.90. The molecule has 2 aromatic carbocycles. The Morgan fingerprint density at radius 1 is 0.861 bits per heavy atom. The molecule has 0 atom stereocenters. The third-order valence-corrected chi connectivity index (χ3v) is 11.9. The largest absolute Gasteiger partial charge is 0.490 e. The van der Waals surface area contributed by atoms with Gasteiger partial charge in [0.05, 0.1) is 19.8 Å². The zero-order valence-corrected chi connectivity index (χ0v) is 26.2. The molecule has 0 unspecified atom stereocenters. The average Bonchev–Trinajstić information content (AvgIpc) is 2.82. The van der Waals surface area contributed by atoms with Crippen molar-refractivity contribution in [2.24, 2.45) is 0 Å². The summed E-state index contributed by atoms with van der Waals surface area (Å²) in [4.78, 5) is 0. The highest BCUT2D eigenvalue weighted by Crippen LogP contribution is 2.38. The number of benzene rings is 2. The maximum absolute atomic E-state index is 6.64. The van der Waals surface area contributed by atoms with Crippen molar-refractivity contribution in [3.63, 3.8) is 0 Å². The number of unbranched alkanes of at least 4 members (excludes halogenated alkanes) is 4. The Balaban J connectivity index is 2.36. The molecule has 2 aromatic rings. The molecule has 0 saturated carbocycles. The molecule has 0 aliphatic carbocycles. The van der Waals surface area contributed by atoms with Crippen molar-refractivity contribution >= 4 is 35.9 Å². The van der Waals surface area contributed by atoms with Gasteiger partial charge in [0.15, 0.2) is 19.8 Å². The SMILES string of the molecule is CCCCCOc1ccc(C=C(CO[Si](C)(C)C(C)(C)C)c2cccc(Br)c2)cc1OCCCCC. The summed E-state index contributed by atoms with van der Waals surface area (Å²) < 4.78 is 20.0. The van der Waals surface area contributed by atoms with Crippen LogP contribution in [0.2, 0.25) is 18.1 Å². The Hall–Kier alpha value is -1.56. The molecule has 0 aliphatic rings. The minimum Gasteiger partial charge on any atom is -0.490 e. The highest BCUT2D eigenvalue weighted by atomic mass is 79.9. The molecule has 5 heteroatoms. The van der Waals surface area contributed by atoms with Crippen molar-refractivity contribution in [2.75, 3.05) is 19.8 Å². The van der Waals surface area contributed by atoms with Gasteiger partial charge in [-0.05, 0) is 78.0 Å². The molecule has 0 bridgehead atoms. The lowest BCUT2D eigenvalue weighted by molar-refractivity contribution is 0.259. The average molecular weight is 576 g/mol. The maximum atomic E-state index is 6.64. The Labute approximate surface area is 229 Å². The van der Waals surface area contributed by atoms with Crippen LogP contribution in [0, 0.1) is 0 Å². The van der Waals surface area contributed by atoms with E-state index in [0.29, 0.717) is 13.2 Å². The van der Waals surface area contributed by atoms with E-state index in [1.54, 1.807) is 0 Å². The number of hydrogen-bond acceptors (Lipinski definition) is 3. The van der Waals surface area contributed by atoms with Crippen LogP contribution in [0.3, 0.4) is 0 Å². The molecule has 0 fully saturated rings. The van der Waals surface area contributed by atoms with Crippen LogP contribution in [0.25, 0.3) is 11.6 Å². The Morgan fingerprint density at radius 2 is 1.50 bits per heavy atom. The zero-order chi connectivity index (χ0) is 26.6. The second kappa shape index (κ2) is 15.0. The minimum absolute atomic E-state index is 0.158. The summed E-state index contributed by atoms with van der Waals surface area (Å²) in [7, 11) is -1.90. The van der Waals surface area contributed by atoms with E-state index in [1.807, 2.05) is 0 Å². The van der Waals surface area contributed by atoms with Crippen molar-refractivity contribution in [1.29, 1.82) is 0 Å². The molecule has 0 radical (unpaired) electrons. The fourth-order valence-electron chi connectivity index (χ4n) is 3.49. The summed E-state index contributed by atoms with van der Waals surface area (Å²) in [6.07, 6.45) is 9.05. The number of rotatable bonds is 15. The smallest absolute Gasteiger partial charge is 0.192 e. The van der Waals surface area contributed by atoms with Gasteiger partial charge < -0.3 is 13.9 Å². The summed E-state index contributed by atoms with van der Waals surface area (Å²) in [5.74, 6) is 1.66. The first-order valence-corrected chi connectivity index (χ1v) is 17.3. The molecular weight excluding hydrogens is 528 g/mol. The second-order valence-electron chi connectivity index (χ2n) is 11.0. The fourth-order valence-corrected chi connectivity index (χ4v) is 4.84. The van der Waals surface area contributed by atoms with Gasteiger partial charge in [-0.15, -0.1) is 0 Å². The van der Waals surface area contributed by atoms with Crippen molar-refractivity contribution in [2.45, 2.75) is 91.3 Å². The van der Waals surface area contributed by atoms with Gasteiger partial charge in [-0.25, -0.2) is 0 Å². The van der Waals surface area contributed by atoms with E-state index < -0.39 is 8.32 Å². The van der Waals surface area contributed by atoms with Crippen molar-refractivity contribution in [3.05, 3.63) is 58.1 Å². The van der Waals surface area contributed by atoms with Crippen LogP contribution >= 0.6 is 15.9 Å². The van der Waals surface area contributed by atoms with Gasteiger partial charge in [-0.3, -0.25) is 0 Å². The van der Waals surface area contributed by atoms with Gasteiger partial charge in [0, 0.05) is 4.47 Å². The summed E-state index contributed by atoms with van der Waals surface area (Å²) >= 11 is 3.64. The molecule has 0 heterocycles. The topological polar surface area (TPSA) is 27.7 Å². The van der Waals surface area contributed by atoms with E-state index in [4.69, 9.17) is 13.9 Å². The van der Waals surface area contributed by atoms with Crippen LogP contribution in [0.5, 0.6) is 11.5 Å². The standard InChI is InChI=1S/C31H47BrO3Si/c1-8-10-12-19-33-29-18-17-25(22-30(29)34-20-13-11-9-2)21-27(26-15-14-16-28(32)23-26)24-35-36(6,7)31(3,4)5/h14-18,21-23H,8-13,19-20,24H2,1-7H3. The van der Waals surface area contributed by atoms with Crippen LogP contribution in [0.4, 0.5) is 0 Å². The fraction of sp³-hybridized carbons (Fsp3) is 0.548. The molecular formula is C31H47BrO3Si. The van der Waals surface area contributed by atoms with Crippen LogP contribution in [-0.4, -0.2) is 28.1 Å². The lowest BCUT2D eigenvalue weighted by atomic mass is 10.0. The normalized spacial score (nSPS) is 12.6. The molecule has 200 valence electrons. The molecule has 0 amide bonds. The van der Waals surface area contributed by atoms with E-state index >= 15 is 0 Å². The van der Waals surface area contributed by atoms with E-state index in [2.05, 4.69) is 112 Å². The summed E-state index contributed by atoms with van der Waals surface area (Å²) in [6, 6.07) is 14.7. The van der Waals surface area contributed by atoms with Crippen LogP contribution in [-0.2, 0) is 4.43 Å². The number of hydrogen-bond donors (Lipinski definition) is 0. The number of ether oxygens (including phenoxy) is 2. The monoisotopic (exact) mass is 574 g/mol. The highest BCUT2D eigenvalue weighted by molar-refractivity contribution is 9.10. The van der Waals surface area contributed by atoms with Gasteiger partial charge >= 0.3 is 0 Å². The second-order valence-corrected chi connectivity index (χ2v) is 16.8. The maximum Gasteiger partial charge on any atom is 0.192 e. The van der Waals surface area contributed by atoms with Crippen LogP contribution in [0.1, 0.15) is 84.3 Å². The Kier molecular flexibility index (Phi) is 12.8. The quantitative estimate of drug-likeness (QED) is 0.120. The predicted octanol–water partition coefficient (Wildman–Crippen LogP) is 10.1.